The van der Waals surface area contributed by atoms with Crippen molar-refractivity contribution < 1.29 is 23.0 Å². The van der Waals surface area contributed by atoms with E-state index in [2.05, 4.69) is 9.64 Å². The molecule has 3 rings (SSSR count). The largest absolute Gasteiger partial charge is 0.573 e. The average molecular weight is 301 g/mol. The third-order valence-corrected chi connectivity index (χ3v) is 4.12. The van der Waals surface area contributed by atoms with E-state index in [0.717, 1.165) is 12.1 Å². The van der Waals surface area contributed by atoms with Crippen LogP contribution in [0.3, 0.4) is 0 Å². The van der Waals surface area contributed by atoms with E-state index in [1.165, 1.54) is 25.0 Å². The molecule has 2 fully saturated rings. The summed E-state index contributed by atoms with van der Waals surface area (Å²) in [7, 11) is 0. The molecule has 1 atom stereocenters. The molecule has 0 amide bonds. The van der Waals surface area contributed by atoms with E-state index >= 15 is 0 Å². The molecule has 0 bridgehead atoms. The molecular formula is C15H18F3NO2. The molecule has 1 aromatic carbocycles. The molecule has 1 saturated heterocycles. The van der Waals surface area contributed by atoms with Gasteiger partial charge in [-0.1, -0.05) is 12.1 Å². The van der Waals surface area contributed by atoms with Crippen LogP contribution in [0.4, 0.5) is 13.2 Å². The van der Waals surface area contributed by atoms with Crippen LogP contribution in [-0.2, 0) is 6.42 Å². The molecule has 0 aromatic heterocycles. The number of benzene rings is 1. The molecule has 1 saturated carbocycles. The second-order valence-corrected chi connectivity index (χ2v) is 6.04. The molecule has 1 aliphatic heterocycles. The average Bonchev–Trinajstić information content (AvgIpc) is 3.15. The fourth-order valence-corrected chi connectivity index (χ4v) is 2.97. The summed E-state index contributed by atoms with van der Waals surface area (Å²) in [6.45, 7) is 1.55. The van der Waals surface area contributed by atoms with Crippen molar-refractivity contribution in [3.8, 4) is 5.75 Å². The van der Waals surface area contributed by atoms with Crippen molar-refractivity contribution in [2.45, 2.75) is 43.7 Å². The van der Waals surface area contributed by atoms with Crippen LogP contribution in [0.25, 0.3) is 0 Å². The van der Waals surface area contributed by atoms with Gasteiger partial charge in [0.2, 0.25) is 0 Å². The molecule has 0 radical (unpaired) electrons. The second-order valence-electron chi connectivity index (χ2n) is 6.04. The topological polar surface area (TPSA) is 32.7 Å². The predicted molar refractivity (Wildman–Crippen MR) is 71.0 cm³/mol. The third kappa shape index (κ3) is 3.89. The summed E-state index contributed by atoms with van der Waals surface area (Å²) in [6.07, 6.45) is -1.08. The van der Waals surface area contributed by atoms with Gasteiger partial charge >= 0.3 is 6.36 Å². The van der Waals surface area contributed by atoms with Gasteiger partial charge in [0.15, 0.2) is 0 Å². The Morgan fingerprint density at radius 3 is 2.48 bits per heavy atom. The van der Waals surface area contributed by atoms with Crippen LogP contribution in [0.5, 0.6) is 5.75 Å². The van der Waals surface area contributed by atoms with E-state index in [0.29, 0.717) is 25.4 Å². The van der Waals surface area contributed by atoms with Crippen molar-refractivity contribution in [2.75, 3.05) is 13.1 Å². The molecule has 1 heterocycles. The molecule has 21 heavy (non-hydrogen) atoms. The van der Waals surface area contributed by atoms with Gasteiger partial charge in [0, 0.05) is 25.6 Å². The molecule has 116 valence electrons. The van der Waals surface area contributed by atoms with Crippen molar-refractivity contribution >= 4 is 0 Å². The van der Waals surface area contributed by atoms with Crippen LogP contribution in [0.2, 0.25) is 0 Å². The van der Waals surface area contributed by atoms with Crippen molar-refractivity contribution in [1.29, 1.82) is 0 Å². The predicted octanol–water partition coefficient (Wildman–Crippen LogP) is 2.73. The first kappa shape index (κ1) is 14.7. The lowest BCUT2D eigenvalue weighted by Crippen LogP contribution is -2.36. The number of ether oxygens (including phenoxy) is 1. The molecule has 1 N–H and O–H groups in total. The van der Waals surface area contributed by atoms with Gasteiger partial charge < -0.3 is 9.84 Å². The number of alkyl halides is 3. The van der Waals surface area contributed by atoms with Crippen LogP contribution in [-0.4, -0.2) is 41.1 Å². The number of nitrogens with zero attached hydrogens (tertiary/aromatic N) is 1. The number of hydrogen-bond acceptors (Lipinski definition) is 3. The zero-order valence-electron chi connectivity index (χ0n) is 11.6. The summed E-state index contributed by atoms with van der Waals surface area (Å²) in [5, 5.41) is 10.6. The maximum atomic E-state index is 12.1. The summed E-state index contributed by atoms with van der Waals surface area (Å²) in [4.78, 5) is 2.31. The quantitative estimate of drug-likeness (QED) is 0.928. The number of aliphatic hydroxyl groups is 1. The lowest BCUT2D eigenvalue weighted by Gasteiger charge is -2.23. The Labute approximate surface area is 121 Å². The number of likely N-dealkylation sites (tertiary alicyclic amines) is 1. The molecular weight excluding hydrogens is 283 g/mol. The fraction of sp³-hybridized carbons (Fsp3) is 0.600. The molecule has 0 spiro atoms. The minimum Gasteiger partial charge on any atom is -0.406 e. The van der Waals surface area contributed by atoms with E-state index in [1.807, 2.05) is 0 Å². The van der Waals surface area contributed by atoms with E-state index in [9.17, 15) is 18.3 Å². The normalized spacial score (nSPS) is 27.0. The standard InChI is InChI=1S/C15H18F3NO2/c16-15(17,18)21-13-5-1-11(2-6-13)9-14(20)7-8-19(10-14)12-3-4-12/h1-2,5-6,12,20H,3-4,7-10H2. The number of hydrogen-bond donors (Lipinski definition) is 1. The fourth-order valence-electron chi connectivity index (χ4n) is 2.97. The Morgan fingerprint density at radius 1 is 1.24 bits per heavy atom. The maximum Gasteiger partial charge on any atom is 0.573 e. The first-order valence-electron chi connectivity index (χ1n) is 7.14. The smallest absolute Gasteiger partial charge is 0.406 e. The minimum atomic E-state index is -4.67. The Morgan fingerprint density at radius 2 is 1.90 bits per heavy atom. The van der Waals surface area contributed by atoms with Gasteiger partial charge in [-0.25, -0.2) is 0 Å². The van der Waals surface area contributed by atoms with Gasteiger partial charge in [0.1, 0.15) is 5.75 Å². The molecule has 1 aliphatic carbocycles. The maximum absolute atomic E-state index is 12.1. The summed E-state index contributed by atoms with van der Waals surface area (Å²) in [6, 6.07) is 6.37. The van der Waals surface area contributed by atoms with E-state index < -0.39 is 12.0 Å². The summed E-state index contributed by atoms with van der Waals surface area (Å²) in [5.41, 5.74) is 0.0549. The van der Waals surface area contributed by atoms with Crippen LogP contribution in [0.1, 0.15) is 24.8 Å². The van der Waals surface area contributed by atoms with Gasteiger partial charge in [-0.2, -0.15) is 0 Å². The van der Waals surface area contributed by atoms with Gasteiger partial charge in [-0.05, 0) is 37.0 Å². The van der Waals surface area contributed by atoms with E-state index in [-0.39, 0.29) is 5.75 Å². The van der Waals surface area contributed by atoms with Crippen LogP contribution < -0.4 is 4.74 Å². The molecule has 2 aliphatic rings. The first-order valence-corrected chi connectivity index (χ1v) is 7.14. The van der Waals surface area contributed by atoms with Crippen LogP contribution in [0.15, 0.2) is 24.3 Å². The highest BCUT2D eigenvalue weighted by Crippen LogP contribution is 2.35. The highest BCUT2D eigenvalue weighted by atomic mass is 19.4. The van der Waals surface area contributed by atoms with Crippen molar-refractivity contribution in [3.63, 3.8) is 0 Å². The summed E-state index contributed by atoms with van der Waals surface area (Å²) in [5.74, 6) is -0.232. The monoisotopic (exact) mass is 301 g/mol. The Balaban J connectivity index is 1.60. The lowest BCUT2D eigenvalue weighted by atomic mass is 9.94. The van der Waals surface area contributed by atoms with Gasteiger partial charge in [-0.3, -0.25) is 4.90 Å². The zero-order chi connectivity index (χ0) is 15.1. The summed E-state index contributed by atoms with van der Waals surface area (Å²) >= 11 is 0. The van der Waals surface area contributed by atoms with Crippen LogP contribution in [0, 0.1) is 0 Å². The molecule has 1 aromatic rings. The van der Waals surface area contributed by atoms with Crippen LogP contribution >= 0.6 is 0 Å². The van der Waals surface area contributed by atoms with Crippen molar-refractivity contribution in [2.24, 2.45) is 0 Å². The lowest BCUT2D eigenvalue weighted by molar-refractivity contribution is -0.274. The third-order valence-electron chi connectivity index (χ3n) is 4.12. The minimum absolute atomic E-state index is 0.232. The SMILES string of the molecule is OC1(Cc2ccc(OC(F)(F)F)cc2)CCN(C2CC2)C1. The van der Waals surface area contributed by atoms with Crippen molar-refractivity contribution in [1.82, 2.24) is 4.90 Å². The highest BCUT2D eigenvalue weighted by molar-refractivity contribution is 5.28. The molecule has 3 nitrogen and oxygen atoms in total. The highest BCUT2D eigenvalue weighted by Gasteiger charge is 2.41. The van der Waals surface area contributed by atoms with E-state index in [1.54, 1.807) is 12.1 Å². The number of β-amino-alcohol motifs (C(OH)–C–C–N with tert-alkyl or cyclic N) is 1. The van der Waals surface area contributed by atoms with E-state index in [4.69, 9.17) is 0 Å². The Kier molecular flexibility index (Phi) is 3.61. The van der Waals surface area contributed by atoms with Gasteiger partial charge in [0.05, 0.1) is 5.60 Å². The van der Waals surface area contributed by atoms with Gasteiger partial charge in [-0.15, -0.1) is 13.2 Å². The Bertz CT molecular complexity index is 499. The summed E-state index contributed by atoms with van der Waals surface area (Å²) < 4.78 is 40.1. The van der Waals surface area contributed by atoms with Gasteiger partial charge in [0.25, 0.3) is 0 Å². The number of rotatable bonds is 4. The molecule has 6 heteroatoms. The number of halogens is 3. The van der Waals surface area contributed by atoms with Crippen molar-refractivity contribution in [3.05, 3.63) is 29.8 Å². The molecule has 1 unspecified atom stereocenters. The second kappa shape index (κ2) is 5.18. The zero-order valence-corrected chi connectivity index (χ0v) is 11.6. The first-order chi connectivity index (χ1) is 9.83. The Hall–Kier alpha value is -1.27.